The number of aliphatic hydroxyl groups is 2. The number of alkyl halides is 2. The van der Waals surface area contributed by atoms with E-state index in [1.165, 1.54) is 45.2 Å². The van der Waals surface area contributed by atoms with Gasteiger partial charge in [-0.3, -0.25) is 4.79 Å². The maximum absolute atomic E-state index is 10.3. The number of Topliss-reactive ketones (excluding diaryl/α,β-unsaturated/α-hetero) is 1. The summed E-state index contributed by atoms with van der Waals surface area (Å²) in [5.41, 5.74) is 0. The van der Waals surface area contributed by atoms with Crippen LogP contribution in [0.25, 0.3) is 0 Å². The number of hydrogen-bond donors (Lipinski definition) is 2. The minimum Gasteiger partial charge on any atom is -0.375 e. The van der Waals surface area contributed by atoms with E-state index >= 15 is 0 Å². The maximum atomic E-state index is 10.3. The molecule has 2 atom stereocenters. The lowest BCUT2D eigenvalue weighted by molar-refractivity contribution is -0.126. The van der Waals surface area contributed by atoms with Crippen molar-refractivity contribution in [3.8, 4) is 0 Å². The van der Waals surface area contributed by atoms with Gasteiger partial charge in [0.25, 0.3) is 0 Å². The molecular weight excluding hydrogens is 338 g/mol. The average molecular weight is 342 g/mol. The highest BCUT2D eigenvalue weighted by Gasteiger charge is 2.16. The highest BCUT2D eigenvalue weighted by molar-refractivity contribution is 14.1. The number of halogens is 2. The predicted molar refractivity (Wildman–Crippen MR) is 45.1 cm³/mol. The first kappa shape index (κ1) is 9.05. The third-order valence-corrected chi connectivity index (χ3v) is 1.70. The summed E-state index contributed by atoms with van der Waals surface area (Å²) in [6.07, 6.45) is 0. The van der Waals surface area contributed by atoms with Gasteiger partial charge < -0.3 is 10.2 Å². The zero-order chi connectivity index (χ0) is 6.73. The molecule has 0 aromatic carbocycles. The van der Waals surface area contributed by atoms with E-state index in [-0.39, 0.29) is 0 Å². The summed E-state index contributed by atoms with van der Waals surface area (Å²) in [4.78, 5) is 10.3. The Kier molecular flexibility index (Phi) is 4.48. The molecule has 0 saturated heterocycles. The number of hydrogen-bond acceptors (Lipinski definition) is 3. The third kappa shape index (κ3) is 3.15. The van der Waals surface area contributed by atoms with E-state index < -0.39 is 14.0 Å². The molecule has 48 valence electrons. The summed E-state index contributed by atoms with van der Waals surface area (Å²) in [6.45, 7) is 0. The first-order chi connectivity index (χ1) is 3.55. The van der Waals surface area contributed by atoms with Crippen molar-refractivity contribution in [2.75, 3.05) is 0 Å². The Bertz CT molecular complexity index is 80.5. The van der Waals surface area contributed by atoms with Crippen LogP contribution in [0.4, 0.5) is 0 Å². The lowest BCUT2D eigenvalue weighted by Crippen LogP contribution is -2.22. The van der Waals surface area contributed by atoms with Crippen LogP contribution in [-0.4, -0.2) is 24.2 Å². The largest absolute Gasteiger partial charge is 0.375 e. The number of aliphatic hydroxyl groups excluding tert-OH is 2. The molecule has 0 aliphatic rings. The monoisotopic (exact) mass is 342 g/mol. The zero-order valence-electron chi connectivity index (χ0n) is 3.71. The first-order valence-electron chi connectivity index (χ1n) is 1.73. The summed E-state index contributed by atoms with van der Waals surface area (Å²) >= 11 is 3.05. The summed E-state index contributed by atoms with van der Waals surface area (Å²) in [6, 6.07) is 0. The highest BCUT2D eigenvalue weighted by atomic mass is 127. The number of carbonyl (C=O) groups is 1. The first-order valence-corrected chi connectivity index (χ1v) is 4.23. The molecule has 2 unspecified atom stereocenters. The van der Waals surface area contributed by atoms with Crippen molar-refractivity contribution in [1.82, 2.24) is 0 Å². The van der Waals surface area contributed by atoms with Crippen LogP contribution >= 0.6 is 45.2 Å². The minimum absolute atomic E-state index is 0.564. The maximum Gasteiger partial charge on any atom is 0.209 e. The lowest BCUT2D eigenvalue weighted by Gasteiger charge is -2.00. The smallest absolute Gasteiger partial charge is 0.209 e. The summed E-state index contributed by atoms with van der Waals surface area (Å²) in [7, 11) is 0. The van der Waals surface area contributed by atoms with E-state index in [1.54, 1.807) is 0 Å². The van der Waals surface area contributed by atoms with Crippen molar-refractivity contribution in [2.24, 2.45) is 0 Å². The summed E-state index contributed by atoms with van der Waals surface area (Å²) in [5.74, 6) is -0.564. The normalized spacial score (nSPS) is 17.5. The van der Waals surface area contributed by atoms with Crippen LogP contribution in [0.2, 0.25) is 0 Å². The fraction of sp³-hybridized carbons (Fsp3) is 0.667. The van der Waals surface area contributed by atoms with E-state index in [0.29, 0.717) is 0 Å². The van der Waals surface area contributed by atoms with Gasteiger partial charge in [-0.1, -0.05) is 0 Å². The van der Waals surface area contributed by atoms with Gasteiger partial charge in [-0.25, -0.2) is 0 Å². The molecule has 0 aromatic rings. The van der Waals surface area contributed by atoms with E-state index in [2.05, 4.69) is 0 Å². The molecule has 0 amide bonds. The Labute approximate surface area is 73.7 Å². The molecule has 0 heterocycles. The van der Waals surface area contributed by atoms with E-state index in [9.17, 15) is 4.79 Å². The third-order valence-electron chi connectivity index (χ3n) is 0.470. The van der Waals surface area contributed by atoms with Crippen molar-refractivity contribution < 1.29 is 15.0 Å². The molecule has 0 fully saturated rings. The van der Waals surface area contributed by atoms with Gasteiger partial charge in [0, 0.05) is 0 Å². The molecule has 8 heavy (non-hydrogen) atoms. The van der Waals surface area contributed by atoms with Gasteiger partial charge in [0.1, 0.15) is 0 Å². The van der Waals surface area contributed by atoms with E-state index in [0.717, 1.165) is 0 Å². The minimum atomic E-state index is -1.08. The van der Waals surface area contributed by atoms with Gasteiger partial charge in [-0.15, -0.1) is 0 Å². The quantitative estimate of drug-likeness (QED) is 0.552. The van der Waals surface area contributed by atoms with Crippen LogP contribution < -0.4 is 0 Å². The Morgan fingerprint density at radius 2 is 1.50 bits per heavy atom. The van der Waals surface area contributed by atoms with Crippen molar-refractivity contribution >= 4 is 51.0 Å². The van der Waals surface area contributed by atoms with Crippen molar-refractivity contribution in [1.29, 1.82) is 0 Å². The number of rotatable bonds is 2. The second-order valence-electron chi connectivity index (χ2n) is 1.07. The fourth-order valence-electron chi connectivity index (χ4n) is 0.113. The molecule has 0 radical (unpaired) electrons. The van der Waals surface area contributed by atoms with E-state index in [1.807, 2.05) is 0 Å². The number of carbonyl (C=O) groups excluding carboxylic acids is 1. The SMILES string of the molecule is O=C(C(O)I)C(O)I. The Hall–Kier alpha value is 1.05. The molecule has 0 bridgehead atoms. The van der Waals surface area contributed by atoms with Crippen LogP contribution in [0, 0.1) is 0 Å². The van der Waals surface area contributed by atoms with Gasteiger partial charge in [0.05, 0.1) is 0 Å². The van der Waals surface area contributed by atoms with Crippen LogP contribution in [-0.2, 0) is 4.79 Å². The van der Waals surface area contributed by atoms with E-state index in [4.69, 9.17) is 10.2 Å². The Morgan fingerprint density at radius 1 is 1.25 bits per heavy atom. The van der Waals surface area contributed by atoms with Crippen LogP contribution in [0.15, 0.2) is 0 Å². The predicted octanol–water partition coefficient (Wildman–Crippen LogP) is 0.0623. The van der Waals surface area contributed by atoms with Crippen LogP contribution in [0.5, 0.6) is 0 Å². The fourth-order valence-corrected chi connectivity index (χ4v) is 1.48. The second-order valence-corrected chi connectivity index (χ2v) is 3.43. The van der Waals surface area contributed by atoms with Crippen molar-refractivity contribution in [3.63, 3.8) is 0 Å². The van der Waals surface area contributed by atoms with Crippen LogP contribution in [0.1, 0.15) is 0 Å². The molecular formula is C3H4I2O3. The Balaban J connectivity index is 3.65. The molecule has 3 nitrogen and oxygen atoms in total. The molecule has 0 aliphatic carbocycles. The Morgan fingerprint density at radius 3 is 1.50 bits per heavy atom. The van der Waals surface area contributed by atoms with Gasteiger partial charge >= 0.3 is 0 Å². The van der Waals surface area contributed by atoms with Crippen molar-refractivity contribution in [3.05, 3.63) is 0 Å². The van der Waals surface area contributed by atoms with Gasteiger partial charge in [0.15, 0.2) is 8.22 Å². The molecule has 0 aromatic heterocycles. The van der Waals surface area contributed by atoms with Crippen LogP contribution in [0.3, 0.4) is 0 Å². The number of ketones is 1. The molecule has 5 heteroatoms. The summed E-state index contributed by atoms with van der Waals surface area (Å²) < 4.78 is -2.17. The second kappa shape index (κ2) is 3.96. The molecule has 2 N–H and O–H groups in total. The standard InChI is InChI=1S/C3H4I2O3/c4-2(7)1(6)3(5)8/h2-3,7-8H. The van der Waals surface area contributed by atoms with Gasteiger partial charge in [0.2, 0.25) is 5.78 Å². The summed E-state index contributed by atoms with van der Waals surface area (Å²) in [5, 5.41) is 16.9. The zero-order valence-corrected chi connectivity index (χ0v) is 8.03. The topological polar surface area (TPSA) is 57.5 Å². The highest BCUT2D eigenvalue weighted by Crippen LogP contribution is 2.05. The molecule has 0 spiro atoms. The molecule has 0 aliphatic heterocycles. The van der Waals surface area contributed by atoms with Gasteiger partial charge in [-0.05, 0) is 45.2 Å². The lowest BCUT2D eigenvalue weighted by atomic mass is 10.5. The van der Waals surface area contributed by atoms with Gasteiger partial charge in [-0.2, -0.15) is 0 Å². The molecule has 0 rings (SSSR count). The van der Waals surface area contributed by atoms with Crippen molar-refractivity contribution in [2.45, 2.75) is 8.22 Å². The molecule has 0 saturated carbocycles. The average Bonchev–Trinajstić information content (AvgIpc) is 1.64.